The van der Waals surface area contributed by atoms with Gasteiger partial charge in [-0.1, -0.05) is 48.6 Å². The van der Waals surface area contributed by atoms with Gasteiger partial charge in [-0.05, 0) is 30.2 Å². The van der Waals surface area contributed by atoms with E-state index < -0.39 is 11.7 Å². The van der Waals surface area contributed by atoms with Gasteiger partial charge >= 0.3 is 0 Å². The SMILES string of the molecule is CCc1ccccc1N1CC(c2nnc(NC(=O)c3ccccc3F)s2)CC1=O. The Labute approximate surface area is 171 Å². The molecule has 0 aliphatic carbocycles. The van der Waals surface area contributed by atoms with E-state index in [4.69, 9.17) is 0 Å². The van der Waals surface area contributed by atoms with Crippen LogP contribution in [0.4, 0.5) is 15.2 Å². The van der Waals surface area contributed by atoms with Gasteiger partial charge in [-0.25, -0.2) is 4.39 Å². The number of benzene rings is 2. The van der Waals surface area contributed by atoms with Crippen molar-refractivity contribution in [1.29, 1.82) is 0 Å². The topological polar surface area (TPSA) is 75.2 Å². The Kier molecular flexibility index (Phi) is 5.35. The van der Waals surface area contributed by atoms with Crippen molar-refractivity contribution in [2.24, 2.45) is 0 Å². The molecule has 1 aliphatic rings. The molecule has 2 aromatic carbocycles. The molecule has 1 aromatic heterocycles. The summed E-state index contributed by atoms with van der Waals surface area (Å²) in [7, 11) is 0. The lowest BCUT2D eigenvalue weighted by atomic mass is 10.1. The standard InChI is InChI=1S/C21H19FN4O2S/c1-2-13-7-3-6-10-17(13)26-12-14(11-18(26)27)20-24-25-21(29-20)23-19(28)15-8-4-5-9-16(15)22/h3-10,14H,2,11-12H2,1H3,(H,23,25,28). The second kappa shape index (κ2) is 8.08. The van der Waals surface area contributed by atoms with Crippen LogP contribution in [0.3, 0.4) is 0 Å². The lowest BCUT2D eigenvalue weighted by molar-refractivity contribution is -0.117. The van der Waals surface area contributed by atoms with E-state index >= 15 is 0 Å². The Morgan fingerprint density at radius 3 is 2.76 bits per heavy atom. The van der Waals surface area contributed by atoms with Gasteiger partial charge in [0.15, 0.2) is 0 Å². The van der Waals surface area contributed by atoms with Gasteiger partial charge in [-0.2, -0.15) is 0 Å². The molecule has 4 rings (SSSR count). The fraction of sp³-hybridized carbons (Fsp3) is 0.238. The highest BCUT2D eigenvalue weighted by molar-refractivity contribution is 7.15. The molecule has 6 nitrogen and oxygen atoms in total. The van der Waals surface area contributed by atoms with Crippen LogP contribution < -0.4 is 10.2 Å². The molecule has 8 heteroatoms. The van der Waals surface area contributed by atoms with E-state index in [-0.39, 0.29) is 22.5 Å². The highest BCUT2D eigenvalue weighted by Gasteiger charge is 2.34. The number of para-hydroxylation sites is 1. The summed E-state index contributed by atoms with van der Waals surface area (Å²) < 4.78 is 13.8. The number of nitrogens with one attached hydrogen (secondary N) is 1. The van der Waals surface area contributed by atoms with Gasteiger partial charge in [0.25, 0.3) is 5.91 Å². The van der Waals surface area contributed by atoms with Crippen LogP contribution in [0.2, 0.25) is 0 Å². The van der Waals surface area contributed by atoms with Crippen molar-refractivity contribution in [2.75, 3.05) is 16.8 Å². The van der Waals surface area contributed by atoms with Crippen molar-refractivity contribution in [3.05, 3.63) is 70.5 Å². The smallest absolute Gasteiger partial charge is 0.260 e. The molecule has 1 fully saturated rings. The third-order valence-corrected chi connectivity index (χ3v) is 5.92. The molecule has 1 aliphatic heterocycles. The first-order valence-corrected chi connectivity index (χ1v) is 10.2. The van der Waals surface area contributed by atoms with Gasteiger partial charge in [0.2, 0.25) is 11.0 Å². The van der Waals surface area contributed by atoms with Crippen molar-refractivity contribution >= 4 is 34.0 Å². The quantitative estimate of drug-likeness (QED) is 0.690. The number of carbonyl (C=O) groups excluding carboxylic acids is 2. The minimum Gasteiger partial charge on any atom is -0.311 e. The number of aryl methyl sites for hydroxylation is 1. The average Bonchev–Trinajstić information content (AvgIpc) is 3.34. The summed E-state index contributed by atoms with van der Waals surface area (Å²) in [4.78, 5) is 26.6. The van der Waals surface area contributed by atoms with Crippen LogP contribution in [0.25, 0.3) is 0 Å². The number of amides is 2. The molecular weight excluding hydrogens is 391 g/mol. The number of rotatable bonds is 5. The molecule has 29 heavy (non-hydrogen) atoms. The van der Waals surface area contributed by atoms with E-state index in [1.54, 1.807) is 11.0 Å². The van der Waals surface area contributed by atoms with Crippen molar-refractivity contribution in [1.82, 2.24) is 10.2 Å². The second-order valence-corrected chi connectivity index (χ2v) is 7.78. The number of hydrogen-bond acceptors (Lipinski definition) is 5. The Balaban J connectivity index is 1.48. The Bertz CT molecular complexity index is 1070. The zero-order valence-electron chi connectivity index (χ0n) is 15.8. The van der Waals surface area contributed by atoms with Crippen molar-refractivity contribution in [3.8, 4) is 0 Å². The van der Waals surface area contributed by atoms with E-state index in [0.29, 0.717) is 18.0 Å². The van der Waals surface area contributed by atoms with Gasteiger partial charge in [-0.3, -0.25) is 14.9 Å². The molecule has 2 heterocycles. The van der Waals surface area contributed by atoms with Crippen LogP contribution in [0.15, 0.2) is 48.5 Å². The van der Waals surface area contributed by atoms with E-state index in [1.807, 2.05) is 24.3 Å². The van der Waals surface area contributed by atoms with Crippen LogP contribution >= 0.6 is 11.3 Å². The van der Waals surface area contributed by atoms with E-state index in [2.05, 4.69) is 22.4 Å². The monoisotopic (exact) mass is 410 g/mol. The second-order valence-electron chi connectivity index (χ2n) is 6.77. The molecule has 148 valence electrons. The van der Waals surface area contributed by atoms with Gasteiger partial charge < -0.3 is 4.90 Å². The summed E-state index contributed by atoms with van der Waals surface area (Å²) >= 11 is 1.21. The summed E-state index contributed by atoms with van der Waals surface area (Å²) in [6.07, 6.45) is 1.18. The third kappa shape index (κ3) is 3.88. The first-order valence-electron chi connectivity index (χ1n) is 9.34. The third-order valence-electron chi connectivity index (χ3n) is 4.92. The molecular formula is C21H19FN4O2S. The van der Waals surface area contributed by atoms with Crippen molar-refractivity contribution < 1.29 is 14.0 Å². The zero-order valence-corrected chi connectivity index (χ0v) is 16.6. The Morgan fingerprint density at radius 1 is 1.21 bits per heavy atom. The number of aromatic nitrogens is 2. The maximum absolute atomic E-state index is 13.8. The number of carbonyl (C=O) groups is 2. The van der Waals surface area contributed by atoms with E-state index in [9.17, 15) is 14.0 Å². The molecule has 2 amide bonds. The Morgan fingerprint density at radius 2 is 1.97 bits per heavy atom. The minimum atomic E-state index is -0.596. The minimum absolute atomic E-state index is 0.0445. The molecule has 3 aromatic rings. The lowest BCUT2D eigenvalue weighted by Crippen LogP contribution is -2.25. The average molecular weight is 410 g/mol. The number of hydrogen-bond donors (Lipinski definition) is 1. The van der Waals surface area contributed by atoms with E-state index in [1.165, 1.54) is 29.5 Å². The van der Waals surface area contributed by atoms with Gasteiger partial charge in [0.1, 0.15) is 10.8 Å². The molecule has 0 spiro atoms. The van der Waals surface area contributed by atoms with Gasteiger partial charge in [0.05, 0.1) is 5.56 Å². The Hall–Kier alpha value is -3.13. The highest BCUT2D eigenvalue weighted by Crippen LogP contribution is 2.35. The molecule has 0 saturated carbocycles. The summed E-state index contributed by atoms with van der Waals surface area (Å²) in [6, 6.07) is 13.6. The van der Waals surface area contributed by atoms with Crippen LogP contribution in [-0.4, -0.2) is 28.6 Å². The molecule has 1 atom stereocenters. The first kappa shape index (κ1) is 19.2. The molecule has 0 radical (unpaired) electrons. The lowest BCUT2D eigenvalue weighted by Gasteiger charge is -2.19. The predicted octanol–water partition coefficient (Wildman–Crippen LogP) is 4.01. The molecule has 1 unspecified atom stereocenters. The first-order chi connectivity index (χ1) is 14.1. The van der Waals surface area contributed by atoms with Gasteiger partial charge in [0, 0.05) is 24.6 Å². The number of halogens is 1. The van der Waals surface area contributed by atoms with Crippen molar-refractivity contribution in [3.63, 3.8) is 0 Å². The highest BCUT2D eigenvalue weighted by atomic mass is 32.1. The van der Waals surface area contributed by atoms with Crippen LogP contribution in [0.5, 0.6) is 0 Å². The fourth-order valence-corrected chi connectivity index (χ4v) is 4.27. The fourth-order valence-electron chi connectivity index (χ4n) is 3.44. The molecule has 1 N–H and O–H groups in total. The largest absolute Gasteiger partial charge is 0.311 e. The summed E-state index contributed by atoms with van der Waals surface area (Å²) in [6.45, 7) is 2.58. The molecule has 1 saturated heterocycles. The maximum atomic E-state index is 13.8. The van der Waals surface area contributed by atoms with Crippen molar-refractivity contribution in [2.45, 2.75) is 25.7 Å². The normalized spacial score (nSPS) is 16.3. The molecule has 0 bridgehead atoms. The van der Waals surface area contributed by atoms with Crippen LogP contribution in [-0.2, 0) is 11.2 Å². The summed E-state index contributed by atoms with van der Waals surface area (Å²) in [5.74, 6) is -1.22. The zero-order chi connectivity index (χ0) is 20.4. The number of nitrogens with zero attached hydrogens (tertiary/aromatic N) is 3. The predicted molar refractivity (Wildman–Crippen MR) is 110 cm³/mol. The summed E-state index contributed by atoms with van der Waals surface area (Å²) in [5.41, 5.74) is 2.00. The summed E-state index contributed by atoms with van der Waals surface area (Å²) in [5, 5.41) is 11.7. The number of anilines is 2. The van der Waals surface area contributed by atoms with Crippen LogP contribution in [0, 0.1) is 5.82 Å². The van der Waals surface area contributed by atoms with E-state index in [0.717, 1.165) is 17.7 Å². The van der Waals surface area contributed by atoms with Crippen LogP contribution in [0.1, 0.15) is 40.2 Å². The van der Waals surface area contributed by atoms with Gasteiger partial charge in [-0.15, -0.1) is 10.2 Å². The maximum Gasteiger partial charge on any atom is 0.260 e.